The summed E-state index contributed by atoms with van der Waals surface area (Å²) in [6, 6.07) is 12.2. The molecule has 1 aliphatic heterocycles. The minimum absolute atomic E-state index is 0.00976. The van der Waals surface area contributed by atoms with E-state index in [1.54, 1.807) is 4.90 Å². The standard InChI is InChI=1S/C17H17ClN2O4S2/c18-14-11-15(25-12-4-2-1-3-5-12)13(10-16(14)26(19,22)23)17(21)20-6-8-24-9-7-20/h1-5,10-11H,6-9H2,(H2,19,22,23). The van der Waals surface area contributed by atoms with Crippen molar-refractivity contribution < 1.29 is 17.9 Å². The van der Waals surface area contributed by atoms with Gasteiger partial charge in [-0.25, -0.2) is 13.6 Å². The van der Waals surface area contributed by atoms with Crippen molar-refractivity contribution in [1.82, 2.24) is 4.90 Å². The lowest BCUT2D eigenvalue weighted by molar-refractivity contribution is 0.0300. The maximum atomic E-state index is 13.0. The van der Waals surface area contributed by atoms with Crippen molar-refractivity contribution in [2.24, 2.45) is 5.14 Å². The summed E-state index contributed by atoms with van der Waals surface area (Å²) in [5.41, 5.74) is 0.258. The molecule has 0 aliphatic carbocycles. The van der Waals surface area contributed by atoms with Gasteiger partial charge in [-0.15, -0.1) is 0 Å². The van der Waals surface area contributed by atoms with Gasteiger partial charge in [-0.2, -0.15) is 0 Å². The summed E-state index contributed by atoms with van der Waals surface area (Å²) >= 11 is 7.47. The van der Waals surface area contributed by atoms with E-state index < -0.39 is 10.0 Å². The maximum absolute atomic E-state index is 13.0. The van der Waals surface area contributed by atoms with Crippen molar-refractivity contribution in [1.29, 1.82) is 0 Å². The minimum Gasteiger partial charge on any atom is -0.378 e. The van der Waals surface area contributed by atoms with E-state index in [2.05, 4.69) is 0 Å². The minimum atomic E-state index is -4.05. The SMILES string of the molecule is NS(=O)(=O)c1cc(C(=O)N2CCOCC2)c(Sc2ccccc2)cc1Cl. The smallest absolute Gasteiger partial charge is 0.255 e. The number of primary sulfonamides is 1. The fourth-order valence-corrected chi connectivity index (χ4v) is 4.70. The summed E-state index contributed by atoms with van der Waals surface area (Å²) in [5.74, 6) is -0.270. The molecule has 0 radical (unpaired) electrons. The number of carbonyl (C=O) groups excluding carboxylic acids is 1. The Hall–Kier alpha value is -1.58. The largest absolute Gasteiger partial charge is 0.378 e. The lowest BCUT2D eigenvalue weighted by atomic mass is 10.2. The summed E-state index contributed by atoms with van der Waals surface area (Å²) < 4.78 is 28.9. The van der Waals surface area contributed by atoms with Crippen molar-refractivity contribution in [2.45, 2.75) is 14.7 Å². The van der Waals surface area contributed by atoms with Crippen LogP contribution in [0.5, 0.6) is 0 Å². The molecule has 6 nitrogen and oxygen atoms in total. The number of morpholine rings is 1. The van der Waals surface area contributed by atoms with Gasteiger partial charge >= 0.3 is 0 Å². The lowest BCUT2D eigenvalue weighted by Crippen LogP contribution is -2.41. The first-order valence-corrected chi connectivity index (χ1v) is 10.6. The van der Waals surface area contributed by atoms with E-state index in [1.165, 1.54) is 23.9 Å². The van der Waals surface area contributed by atoms with Crippen LogP contribution in [-0.4, -0.2) is 45.5 Å². The van der Waals surface area contributed by atoms with E-state index in [4.69, 9.17) is 21.5 Å². The van der Waals surface area contributed by atoms with Crippen LogP contribution >= 0.6 is 23.4 Å². The first-order valence-electron chi connectivity index (χ1n) is 7.82. The van der Waals surface area contributed by atoms with Crippen molar-refractivity contribution in [3.05, 3.63) is 53.1 Å². The van der Waals surface area contributed by atoms with Gasteiger partial charge in [0.15, 0.2) is 0 Å². The summed E-state index contributed by atoms with van der Waals surface area (Å²) in [5, 5.41) is 5.23. The number of amides is 1. The van der Waals surface area contributed by atoms with Crippen LogP contribution in [0.2, 0.25) is 5.02 Å². The number of sulfonamides is 1. The Balaban J connectivity index is 2.06. The van der Waals surface area contributed by atoms with Gasteiger partial charge in [0, 0.05) is 22.9 Å². The highest BCUT2D eigenvalue weighted by atomic mass is 35.5. The molecule has 0 atom stereocenters. The monoisotopic (exact) mass is 412 g/mol. The first kappa shape index (κ1) is 19.2. The third-order valence-electron chi connectivity index (χ3n) is 3.84. The zero-order valence-corrected chi connectivity index (χ0v) is 16.1. The lowest BCUT2D eigenvalue weighted by Gasteiger charge is -2.27. The Morgan fingerprint density at radius 2 is 1.81 bits per heavy atom. The average molecular weight is 413 g/mol. The maximum Gasteiger partial charge on any atom is 0.255 e. The van der Waals surface area contributed by atoms with Crippen LogP contribution in [-0.2, 0) is 14.8 Å². The van der Waals surface area contributed by atoms with Gasteiger partial charge in [-0.05, 0) is 24.3 Å². The van der Waals surface area contributed by atoms with Gasteiger partial charge in [0.2, 0.25) is 10.0 Å². The van der Waals surface area contributed by atoms with E-state index >= 15 is 0 Å². The number of halogens is 1. The second-order valence-corrected chi connectivity index (χ2v) is 8.70. The molecule has 1 amide bonds. The number of hydrogen-bond acceptors (Lipinski definition) is 5. The predicted octanol–water partition coefficient (Wildman–Crippen LogP) is 2.61. The first-order chi connectivity index (χ1) is 12.4. The third kappa shape index (κ3) is 4.39. The average Bonchev–Trinajstić information content (AvgIpc) is 2.62. The fraction of sp³-hybridized carbons (Fsp3) is 0.235. The number of benzene rings is 2. The van der Waals surface area contributed by atoms with Crippen LogP contribution in [0.1, 0.15) is 10.4 Å². The van der Waals surface area contributed by atoms with Crippen LogP contribution in [0, 0.1) is 0 Å². The van der Waals surface area contributed by atoms with E-state index in [-0.39, 0.29) is 21.4 Å². The molecule has 0 spiro atoms. The Morgan fingerprint density at radius 1 is 1.15 bits per heavy atom. The predicted molar refractivity (Wildman–Crippen MR) is 100 cm³/mol. The van der Waals surface area contributed by atoms with E-state index in [9.17, 15) is 13.2 Å². The van der Waals surface area contributed by atoms with Crippen LogP contribution in [0.25, 0.3) is 0 Å². The quantitative estimate of drug-likeness (QED) is 0.833. The van der Waals surface area contributed by atoms with Crippen LogP contribution < -0.4 is 5.14 Å². The summed E-state index contributed by atoms with van der Waals surface area (Å²) in [4.78, 5) is 15.8. The highest BCUT2D eigenvalue weighted by molar-refractivity contribution is 7.99. The summed E-state index contributed by atoms with van der Waals surface area (Å²) in [7, 11) is -4.05. The molecule has 2 aromatic rings. The topological polar surface area (TPSA) is 89.7 Å². The third-order valence-corrected chi connectivity index (χ3v) is 6.28. The van der Waals surface area contributed by atoms with Gasteiger partial charge in [-0.3, -0.25) is 4.79 Å². The van der Waals surface area contributed by atoms with Gasteiger partial charge in [0.05, 0.1) is 23.8 Å². The highest BCUT2D eigenvalue weighted by Crippen LogP contribution is 2.36. The molecule has 1 aliphatic rings. The van der Waals surface area contributed by atoms with E-state index in [0.717, 1.165) is 4.90 Å². The molecule has 26 heavy (non-hydrogen) atoms. The van der Waals surface area contributed by atoms with Crippen LogP contribution in [0.3, 0.4) is 0 Å². The van der Waals surface area contributed by atoms with Crippen molar-refractivity contribution in [2.75, 3.05) is 26.3 Å². The molecule has 2 aromatic carbocycles. The zero-order chi connectivity index (χ0) is 18.7. The number of hydrogen-bond donors (Lipinski definition) is 1. The normalized spacial score (nSPS) is 15.1. The Morgan fingerprint density at radius 3 is 2.42 bits per heavy atom. The molecule has 1 fully saturated rings. The van der Waals surface area contributed by atoms with Crippen molar-refractivity contribution >= 4 is 39.3 Å². The molecule has 0 aromatic heterocycles. The van der Waals surface area contributed by atoms with E-state index in [0.29, 0.717) is 31.2 Å². The van der Waals surface area contributed by atoms with Gasteiger partial charge < -0.3 is 9.64 Å². The molecule has 0 saturated carbocycles. The van der Waals surface area contributed by atoms with Gasteiger partial charge in [0.1, 0.15) is 4.90 Å². The summed E-state index contributed by atoms with van der Waals surface area (Å²) in [6.07, 6.45) is 0. The Kier molecular flexibility index (Phi) is 5.89. The molecule has 1 heterocycles. The van der Waals surface area contributed by atoms with Crippen molar-refractivity contribution in [3.63, 3.8) is 0 Å². The second kappa shape index (κ2) is 7.98. The molecule has 9 heteroatoms. The molecule has 138 valence electrons. The number of carbonyl (C=O) groups is 1. The van der Waals surface area contributed by atoms with Crippen LogP contribution in [0.15, 0.2) is 57.2 Å². The number of ether oxygens (including phenoxy) is 1. The molecule has 0 bridgehead atoms. The Bertz CT molecular complexity index is 914. The molecular formula is C17H17ClN2O4S2. The number of nitrogens with two attached hydrogens (primary N) is 1. The van der Waals surface area contributed by atoms with Crippen molar-refractivity contribution in [3.8, 4) is 0 Å². The van der Waals surface area contributed by atoms with Gasteiger partial charge in [0.25, 0.3) is 5.91 Å². The fourth-order valence-electron chi connectivity index (χ4n) is 2.56. The molecule has 2 N–H and O–H groups in total. The number of rotatable bonds is 4. The highest BCUT2D eigenvalue weighted by Gasteiger charge is 2.25. The summed E-state index contributed by atoms with van der Waals surface area (Å²) in [6.45, 7) is 1.79. The molecular weight excluding hydrogens is 396 g/mol. The van der Waals surface area contributed by atoms with Gasteiger partial charge in [-0.1, -0.05) is 41.6 Å². The number of nitrogens with zero attached hydrogens (tertiary/aromatic N) is 1. The molecule has 3 rings (SSSR count). The molecule has 0 unspecified atom stereocenters. The zero-order valence-electron chi connectivity index (χ0n) is 13.7. The molecule has 1 saturated heterocycles. The van der Waals surface area contributed by atoms with Crippen LogP contribution in [0.4, 0.5) is 0 Å². The Labute approximate surface area is 161 Å². The van der Waals surface area contributed by atoms with E-state index in [1.807, 2.05) is 30.3 Å². The second-order valence-electron chi connectivity index (χ2n) is 5.64.